The smallest absolute Gasteiger partial charge is 0.255 e. The van der Waals surface area contributed by atoms with E-state index in [2.05, 4.69) is 35.9 Å². The molecule has 1 aliphatic rings. The van der Waals surface area contributed by atoms with Crippen molar-refractivity contribution in [2.45, 2.75) is 26.7 Å². The molecule has 2 aromatic carbocycles. The van der Waals surface area contributed by atoms with Crippen molar-refractivity contribution in [3.63, 3.8) is 0 Å². The number of benzene rings is 2. The molecule has 6 heteroatoms. The summed E-state index contributed by atoms with van der Waals surface area (Å²) in [4.78, 5) is 26.5. The van der Waals surface area contributed by atoms with Crippen LogP contribution in [0.15, 0.2) is 54.6 Å². The second-order valence-corrected chi connectivity index (χ2v) is 7.49. The Kier molecular flexibility index (Phi) is 5.31. The first kappa shape index (κ1) is 19.8. The van der Waals surface area contributed by atoms with Crippen LogP contribution in [0.5, 0.6) is 5.75 Å². The number of nitrogens with one attached hydrogen (secondary N) is 1. The number of hydrogen-bond acceptors (Lipinski definition) is 3. The molecule has 4 rings (SSSR count). The van der Waals surface area contributed by atoms with Gasteiger partial charge in [-0.2, -0.15) is 0 Å². The Morgan fingerprint density at radius 3 is 2.30 bits per heavy atom. The van der Waals surface area contributed by atoms with E-state index >= 15 is 0 Å². The first-order valence-corrected chi connectivity index (χ1v) is 10.0. The van der Waals surface area contributed by atoms with Gasteiger partial charge in [-0.3, -0.25) is 9.59 Å². The Balaban J connectivity index is 1.52. The first-order chi connectivity index (χ1) is 14.5. The van der Waals surface area contributed by atoms with Gasteiger partial charge in [0.15, 0.2) is 0 Å². The summed E-state index contributed by atoms with van der Waals surface area (Å²) in [6.07, 6.45) is 1.40. The molecule has 30 heavy (non-hydrogen) atoms. The SMILES string of the molecule is COc1cc(NC(=O)c2ccc(-n3c(C)ccc3C)cc2)ccc1N1CCCC1=O. The lowest BCUT2D eigenvalue weighted by molar-refractivity contribution is -0.117. The fraction of sp³-hybridized carbons (Fsp3) is 0.250. The Morgan fingerprint density at radius 2 is 1.70 bits per heavy atom. The Morgan fingerprint density at radius 1 is 1.00 bits per heavy atom. The van der Waals surface area contributed by atoms with Gasteiger partial charge in [0, 0.05) is 47.4 Å². The molecule has 1 saturated heterocycles. The number of amides is 2. The molecule has 2 amide bonds. The molecule has 6 nitrogen and oxygen atoms in total. The third-order valence-corrected chi connectivity index (χ3v) is 5.46. The highest BCUT2D eigenvalue weighted by atomic mass is 16.5. The second kappa shape index (κ2) is 8.06. The molecule has 0 saturated carbocycles. The summed E-state index contributed by atoms with van der Waals surface area (Å²) in [7, 11) is 1.56. The molecule has 1 fully saturated rings. The summed E-state index contributed by atoms with van der Waals surface area (Å²) in [5, 5.41) is 2.91. The van der Waals surface area contributed by atoms with E-state index in [0.29, 0.717) is 30.0 Å². The minimum atomic E-state index is -0.199. The summed E-state index contributed by atoms with van der Waals surface area (Å²) < 4.78 is 7.61. The number of rotatable bonds is 5. The van der Waals surface area contributed by atoms with E-state index in [-0.39, 0.29) is 11.8 Å². The van der Waals surface area contributed by atoms with Crippen molar-refractivity contribution < 1.29 is 14.3 Å². The summed E-state index contributed by atoms with van der Waals surface area (Å²) in [6.45, 7) is 4.80. The lowest BCUT2D eigenvalue weighted by Crippen LogP contribution is -2.24. The maximum absolute atomic E-state index is 12.7. The molecule has 1 aliphatic heterocycles. The maximum atomic E-state index is 12.7. The van der Waals surface area contributed by atoms with Crippen molar-refractivity contribution in [2.75, 3.05) is 23.9 Å². The van der Waals surface area contributed by atoms with Crippen LogP contribution in [0, 0.1) is 13.8 Å². The van der Waals surface area contributed by atoms with Crippen molar-refractivity contribution >= 4 is 23.2 Å². The Labute approximate surface area is 176 Å². The number of hydrogen-bond donors (Lipinski definition) is 1. The van der Waals surface area contributed by atoms with E-state index in [1.807, 2.05) is 30.3 Å². The molecule has 1 aromatic heterocycles. The zero-order valence-electron chi connectivity index (χ0n) is 17.4. The van der Waals surface area contributed by atoms with Gasteiger partial charge in [-0.15, -0.1) is 0 Å². The van der Waals surface area contributed by atoms with Crippen LogP contribution in [0.1, 0.15) is 34.6 Å². The molecule has 2 heterocycles. The predicted molar refractivity (Wildman–Crippen MR) is 118 cm³/mol. The molecule has 0 bridgehead atoms. The number of ether oxygens (including phenoxy) is 1. The zero-order chi connectivity index (χ0) is 21.3. The quantitative estimate of drug-likeness (QED) is 0.683. The van der Waals surface area contributed by atoms with Crippen LogP contribution in [-0.4, -0.2) is 30.0 Å². The lowest BCUT2D eigenvalue weighted by atomic mass is 10.1. The third kappa shape index (κ3) is 3.68. The van der Waals surface area contributed by atoms with Crippen LogP contribution < -0.4 is 15.0 Å². The minimum absolute atomic E-state index is 0.0957. The van der Waals surface area contributed by atoms with E-state index in [1.54, 1.807) is 24.1 Å². The maximum Gasteiger partial charge on any atom is 0.255 e. The van der Waals surface area contributed by atoms with Gasteiger partial charge in [0.05, 0.1) is 12.8 Å². The average molecular weight is 403 g/mol. The monoisotopic (exact) mass is 403 g/mol. The Bertz CT molecular complexity index is 1080. The molecular weight excluding hydrogens is 378 g/mol. The van der Waals surface area contributed by atoms with Crippen LogP contribution in [0.2, 0.25) is 0 Å². The predicted octanol–water partition coefficient (Wildman–Crippen LogP) is 4.48. The largest absolute Gasteiger partial charge is 0.494 e. The molecule has 0 spiro atoms. The van der Waals surface area contributed by atoms with Crippen molar-refractivity contribution in [2.24, 2.45) is 0 Å². The van der Waals surface area contributed by atoms with Crippen LogP contribution in [0.4, 0.5) is 11.4 Å². The van der Waals surface area contributed by atoms with Crippen LogP contribution in [0.3, 0.4) is 0 Å². The van der Waals surface area contributed by atoms with Crippen molar-refractivity contribution in [1.82, 2.24) is 4.57 Å². The van der Waals surface area contributed by atoms with Gasteiger partial charge in [-0.1, -0.05) is 0 Å². The van der Waals surface area contributed by atoms with Crippen LogP contribution in [0.25, 0.3) is 5.69 Å². The number of carbonyl (C=O) groups excluding carboxylic acids is 2. The average Bonchev–Trinajstić information content (AvgIpc) is 3.32. The van der Waals surface area contributed by atoms with Gasteiger partial charge in [-0.05, 0) is 68.8 Å². The van der Waals surface area contributed by atoms with Gasteiger partial charge in [0.2, 0.25) is 5.91 Å². The van der Waals surface area contributed by atoms with Gasteiger partial charge < -0.3 is 19.5 Å². The van der Waals surface area contributed by atoms with Crippen molar-refractivity contribution in [3.05, 3.63) is 71.5 Å². The van der Waals surface area contributed by atoms with E-state index in [9.17, 15) is 9.59 Å². The number of aryl methyl sites for hydroxylation is 2. The fourth-order valence-corrected chi connectivity index (χ4v) is 3.92. The number of methoxy groups -OCH3 is 1. The van der Waals surface area contributed by atoms with E-state index < -0.39 is 0 Å². The van der Waals surface area contributed by atoms with Crippen LogP contribution in [-0.2, 0) is 4.79 Å². The molecular formula is C24H25N3O3. The van der Waals surface area contributed by atoms with E-state index in [4.69, 9.17) is 4.74 Å². The molecule has 3 aromatic rings. The third-order valence-electron chi connectivity index (χ3n) is 5.46. The fourth-order valence-electron chi connectivity index (χ4n) is 3.92. The van der Waals surface area contributed by atoms with Gasteiger partial charge in [0.25, 0.3) is 5.91 Å². The first-order valence-electron chi connectivity index (χ1n) is 10.0. The second-order valence-electron chi connectivity index (χ2n) is 7.49. The number of anilines is 2. The Hall–Kier alpha value is -3.54. The van der Waals surface area contributed by atoms with E-state index in [1.165, 1.54) is 0 Å². The highest BCUT2D eigenvalue weighted by Crippen LogP contribution is 2.34. The lowest BCUT2D eigenvalue weighted by Gasteiger charge is -2.19. The molecule has 0 atom stereocenters. The minimum Gasteiger partial charge on any atom is -0.494 e. The van der Waals surface area contributed by atoms with Gasteiger partial charge in [0.1, 0.15) is 5.75 Å². The van der Waals surface area contributed by atoms with Gasteiger partial charge >= 0.3 is 0 Å². The summed E-state index contributed by atoms with van der Waals surface area (Å²) in [5.41, 5.74) is 5.24. The number of aromatic nitrogens is 1. The molecule has 1 N–H and O–H groups in total. The molecule has 0 unspecified atom stereocenters. The zero-order valence-corrected chi connectivity index (χ0v) is 17.4. The standard InChI is InChI=1S/C24H25N3O3/c1-16-6-7-17(2)27(16)20-11-8-18(9-12-20)24(29)25-19-10-13-21(22(15-19)30-3)26-14-4-5-23(26)28/h6-13,15H,4-5,14H2,1-3H3,(H,25,29). The van der Waals surface area contributed by atoms with E-state index in [0.717, 1.165) is 29.2 Å². The molecule has 0 radical (unpaired) electrons. The molecule has 0 aliphatic carbocycles. The van der Waals surface area contributed by atoms with Crippen molar-refractivity contribution in [3.8, 4) is 11.4 Å². The highest BCUT2D eigenvalue weighted by Gasteiger charge is 2.24. The number of nitrogens with zero attached hydrogens (tertiary/aromatic N) is 2. The van der Waals surface area contributed by atoms with Crippen molar-refractivity contribution in [1.29, 1.82) is 0 Å². The summed E-state index contributed by atoms with van der Waals surface area (Å²) in [6, 6.07) is 17.0. The number of carbonyl (C=O) groups is 2. The molecule has 154 valence electrons. The van der Waals surface area contributed by atoms with Crippen LogP contribution >= 0.6 is 0 Å². The normalized spacial score (nSPS) is 13.6. The highest BCUT2D eigenvalue weighted by molar-refractivity contribution is 6.05. The van der Waals surface area contributed by atoms with Gasteiger partial charge in [-0.25, -0.2) is 0 Å². The summed E-state index contributed by atoms with van der Waals surface area (Å²) >= 11 is 0. The summed E-state index contributed by atoms with van der Waals surface area (Å²) in [5.74, 6) is 0.463. The topological polar surface area (TPSA) is 63.6 Å².